The van der Waals surface area contributed by atoms with Crippen LogP contribution in [0, 0.1) is 10.1 Å². The van der Waals surface area contributed by atoms with Crippen molar-refractivity contribution < 1.29 is 14.1 Å². The van der Waals surface area contributed by atoms with Gasteiger partial charge in [0.15, 0.2) is 0 Å². The summed E-state index contributed by atoms with van der Waals surface area (Å²) in [5.74, 6) is -1.67. The van der Waals surface area contributed by atoms with Crippen LogP contribution in [-0.4, -0.2) is 20.6 Å². The average molecular weight is 390 g/mol. The van der Waals surface area contributed by atoms with E-state index in [0.717, 1.165) is 4.47 Å². The van der Waals surface area contributed by atoms with E-state index in [1.54, 1.807) is 24.3 Å². The topological polar surface area (TPSA) is 108 Å². The molecule has 120 valence electrons. The van der Waals surface area contributed by atoms with Crippen LogP contribution in [0.5, 0.6) is 0 Å². The van der Waals surface area contributed by atoms with Gasteiger partial charge in [0, 0.05) is 27.7 Å². The van der Waals surface area contributed by atoms with E-state index in [-0.39, 0.29) is 17.1 Å². The van der Waals surface area contributed by atoms with Gasteiger partial charge < -0.3 is 4.42 Å². The number of non-ortho nitro benzene ring substituents is 1. The fraction of sp³-hybridized carbons (Fsp3) is 0. The Kier molecular flexibility index (Phi) is 4.09. The van der Waals surface area contributed by atoms with Crippen molar-refractivity contribution in [3.8, 4) is 11.5 Å². The molecule has 0 radical (unpaired) electrons. The molecule has 0 amide bonds. The first kappa shape index (κ1) is 15.8. The molecule has 0 atom stereocenters. The lowest BCUT2D eigenvalue weighted by Gasteiger charge is -1.98. The number of benzene rings is 2. The van der Waals surface area contributed by atoms with Crippen molar-refractivity contribution in [1.82, 2.24) is 9.78 Å². The van der Waals surface area contributed by atoms with Gasteiger partial charge in [0.2, 0.25) is 5.89 Å². The number of hydrogen-bond donors (Lipinski definition) is 0. The van der Waals surface area contributed by atoms with Gasteiger partial charge in [0.05, 0.1) is 4.92 Å². The lowest BCUT2D eigenvalue weighted by Crippen LogP contribution is -2.24. The van der Waals surface area contributed by atoms with E-state index in [2.05, 4.69) is 21.0 Å². The first-order valence-corrected chi connectivity index (χ1v) is 7.40. The highest BCUT2D eigenvalue weighted by Gasteiger charge is 2.18. The molecule has 0 unspecified atom stereocenters. The zero-order valence-electron chi connectivity index (χ0n) is 11.9. The second-order valence-corrected chi connectivity index (χ2v) is 5.62. The van der Waals surface area contributed by atoms with Crippen molar-refractivity contribution >= 4 is 27.5 Å². The number of nitrogens with zero attached hydrogens (tertiary/aromatic N) is 3. The van der Waals surface area contributed by atoms with Gasteiger partial charge in [-0.05, 0) is 36.4 Å². The van der Waals surface area contributed by atoms with Gasteiger partial charge in [-0.3, -0.25) is 14.9 Å². The van der Waals surface area contributed by atoms with Crippen LogP contribution < -0.4 is 5.76 Å². The number of nitro benzene ring substituents is 1. The fourth-order valence-electron chi connectivity index (χ4n) is 1.96. The highest BCUT2D eigenvalue weighted by atomic mass is 79.9. The van der Waals surface area contributed by atoms with E-state index in [1.807, 2.05) is 0 Å². The minimum atomic E-state index is -0.934. The predicted molar refractivity (Wildman–Crippen MR) is 86.7 cm³/mol. The summed E-state index contributed by atoms with van der Waals surface area (Å²) in [6.07, 6.45) is 0. The molecule has 0 aliphatic heterocycles. The minimum absolute atomic E-state index is 0.0969. The smallest absolute Gasteiger partial charge is 0.387 e. The molecule has 0 fully saturated rings. The van der Waals surface area contributed by atoms with Crippen molar-refractivity contribution in [2.75, 3.05) is 0 Å². The van der Waals surface area contributed by atoms with Crippen molar-refractivity contribution in [1.29, 1.82) is 0 Å². The van der Waals surface area contributed by atoms with Gasteiger partial charge in [-0.15, -0.1) is 9.78 Å². The molecule has 24 heavy (non-hydrogen) atoms. The second-order valence-electron chi connectivity index (χ2n) is 4.70. The summed E-state index contributed by atoms with van der Waals surface area (Å²) in [5, 5.41) is 14.5. The standard InChI is InChI=1S/C15H8BrN3O5/c16-11-5-1-10(2-6-11)14(20)18-15(21)24-13(17-18)9-3-7-12(8-4-9)19(22)23/h1-8H. The molecule has 0 saturated heterocycles. The molecule has 3 aromatic rings. The maximum Gasteiger partial charge on any atom is 0.445 e. The summed E-state index contributed by atoms with van der Waals surface area (Å²) in [4.78, 5) is 34.3. The van der Waals surface area contributed by atoms with Crippen LogP contribution >= 0.6 is 15.9 Å². The lowest BCUT2D eigenvalue weighted by atomic mass is 10.2. The Labute approximate surface area is 142 Å². The molecule has 0 bridgehead atoms. The van der Waals surface area contributed by atoms with E-state index in [1.165, 1.54) is 24.3 Å². The first-order valence-electron chi connectivity index (χ1n) is 6.61. The van der Waals surface area contributed by atoms with Gasteiger partial charge in [-0.2, -0.15) is 0 Å². The summed E-state index contributed by atoms with van der Waals surface area (Å²) in [5.41, 5.74) is 0.510. The minimum Gasteiger partial charge on any atom is -0.387 e. The summed E-state index contributed by atoms with van der Waals surface area (Å²) >= 11 is 3.25. The van der Waals surface area contributed by atoms with Gasteiger partial charge in [0.25, 0.3) is 11.6 Å². The summed E-state index contributed by atoms with van der Waals surface area (Å²) in [6.45, 7) is 0. The average Bonchev–Trinajstić information content (AvgIpc) is 2.97. The van der Waals surface area contributed by atoms with Gasteiger partial charge in [-0.1, -0.05) is 15.9 Å². The first-order chi connectivity index (χ1) is 11.5. The van der Waals surface area contributed by atoms with Crippen LogP contribution in [0.15, 0.2) is 62.2 Å². The Bertz CT molecular complexity index is 974. The number of aromatic nitrogens is 2. The van der Waals surface area contributed by atoms with E-state index in [4.69, 9.17) is 4.42 Å². The predicted octanol–water partition coefficient (Wildman–Crippen LogP) is 2.86. The van der Waals surface area contributed by atoms with Crippen LogP contribution in [0.2, 0.25) is 0 Å². The zero-order chi connectivity index (χ0) is 17.3. The Morgan fingerprint density at radius 2 is 1.75 bits per heavy atom. The number of halogens is 1. The van der Waals surface area contributed by atoms with Gasteiger partial charge in [-0.25, -0.2) is 4.79 Å². The fourth-order valence-corrected chi connectivity index (χ4v) is 2.23. The van der Waals surface area contributed by atoms with Crippen LogP contribution in [0.4, 0.5) is 5.69 Å². The number of carbonyl (C=O) groups is 1. The van der Waals surface area contributed by atoms with Crippen molar-refractivity contribution in [3.05, 3.63) is 79.2 Å². The van der Waals surface area contributed by atoms with Crippen LogP contribution in [0.1, 0.15) is 10.4 Å². The van der Waals surface area contributed by atoms with E-state index in [9.17, 15) is 19.7 Å². The molecule has 1 aromatic heterocycles. The molecule has 0 aliphatic carbocycles. The highest BCUT2D eigenvalue weighted by Crippen LogP contribution is 2.20. The van der Waals surface area contributed by atoms with Crippen molar-refractivity contribution in [2.24, 2.45) is 0 Å². The van der Waals surface area contributed by atoms with Crippen molar-refractivity contribution in [2.45, 2.75) is 0 Å². The number of hydrogen-bond acceptors (Lipinski definition) is 6. The van der Waals surface area contributed by atoms with E-state index >= 15 is 0 Å². The maximum absolute atomic E-state index is 12.3. The van der Waals surface area contributed by atoms with Crippen LogP contribution in [0.25, 0.3) is 11.5 Å². The number of nitro groups is 1. The summed E-state index contributed by atoms with van der Waals surface area (Å²) in [7, 11) is 0. The largest absolute Gasteiger partial charge is 0.445 e. The number of rotatable bonds is 3. The highest BCUT2D eigenvalue weighted by molar-refractivity contribution is 9.10. The SMILES string of the molecule is O=C(c1ccc(Br)cc1)n1nc(-c2ccc([N+](=O)[O-])cc2)oc1=O. The zero-order valence-corrected chi connectivity index (χ0v) is 13.5. The Morgan fingerprint density at radius 3 is 2.33 bits per heavy atom. The van der Waals surface area contributed by atoms with Crippen molar-refractivity contribution in [3.63, 3.8) is 0 Å². The van der Waals surface area contributed by atoms with Gasteiger partial charge in [0.1, 0.15) is 0 Å². The maximum atomic E-state index is 12.3. The Morgan fingerprint density at radius 1 is 1.12 bits per heavy atom. The Balaban J connectivity index is 1.95. The quantitative estimate of drug-likeness (QED) is 0.503. The third-order valence-electron chi connectivity index (χ3n) is 3.16. The van der Waals surface area contributed by atoms with E-state index < -0.39 is 16.6 Å². The molecule has 0 saturated carbocycles. The van der Waals surface area contributed by atoms with Gasteiger partial charge >= 0.3 is 5.76 Å². The number of carbonyl (C=O) groups excluding carboxylic acids is 1. The molecule has 0 N–H and O–H groups in total. The molecule has 0 spiro atoms. The molecular weight excluding hydrogens is 382 g/mol. The molecule has 8 nitrogen and oxygen atoms in total. The monoisotopic (exact) mass is 389 g/mol. The van der Waals surface area contributed by atoms with Crippen LogP contribution in [0.3, 0.4) is 0 Å². The molecule has 0 aliphatic rings. The molecule has 9 heteroatoms. The molecule has 2 aromatic carbocycles. The third kappa shape index (κ3) is 3.01. The third-order valence-corrected chi connectivity index (χ3v) is 3.69. The van der Waals surface area contributed by atoms with Crippen LogP contribution in [-0.2, 0) is 0 Å². The second kappa shape index (κ2) is 6.20. The summed E-state index contributed by atoms with van der Waals surface area (Å²) < 4.78 is 6.36. The van der Waals surface area contributed by atoms with E-state index in [0.29, 0.717) is 10.2 Å². The lowest BCUT2D eigenvalue weighted by molar-refractivity contribution is -0.384. The Hall–Kier alpha value is -3.07. The molecule has 1 heterocycles. The normalized spacial score (nSPS) is 10.5. The molecule has 3 rings (SSSR count). The summed E-state index contributed by atoms with van der Waals surface area (Å²) in [6, 6.07) is 11.7. The molecular formula is C15H8BrN3O5.